The van der Waals surface area contributed by atoms with E-state index < -0.39 is 63.7 Å². The summed E-state index contributed by atoms with van der Waals surface area (Å²) in [5.74, 6) is -3.77. The van der Waals surface area contributed by atoms with Gasteiger partial charge in [-0.2, -0.15) is 0 Å². The second-order valence-corrected chi connectivity index (χ2v) is 14.6. The number of carbonyl (C=O) groups is 2. The van der Waals surface area contributed by atoms with Crippen LogP contribution in [-0.2, 0) is 14.3 Å². The summed E-state index contributed by atoms with van der Waals surface area (Å²) in [6, 6.07) is 0. The largest absolute Gasteiger partial charge is 0.456 e. The molecule has 8 atom stereocenters. The molecule has 252 valence electrons. The maximum atomic E-state index is 12.8. The molecule has 0 bridgehead atoms. The number of aliphatic hydroxyl groups excluding tert-OH is 3. The molecule has 0 aromatic carbocycles. The number of rotatable bonds is 14. The lowest BCUT2D eigenvalue weighted by atomic mass is 9.59. The average Bonchev–Trinajstić information content (AvgIpc) is 3.40. The lowest BCUT2D eigenvalue weighted by Crippen LogP contribution is -2.65. The molecule has 4 aliphatic carbocycles. The highest BCUT2D eigenvalue weighted by Crippen LogP contribution is 2.76. The summed E-state index contributed by atoms with van der Waals surface area (Å²) >= 11 is 0. The Labute approximate surface area is 265 Å². The van der Waals surface area contributed by atoms with E-state index in [1.807, 2.05) is 13.8 Å². The Kier molecular flexibility index (Phi) is 12.5. The van der Waals surface area contributed by atoms with Gasteiger partial charge in [0.05, 0.1) is 18.3 Å². The number of esters is 1. The van der Waals surface area contributed by atoms with E-state index in [0.29, 0.717) is 17.8 Å². The van der Waals surface area contributed by atoms with Gasteiger partial charge in [-0.1, -0.05) is 110 Å². The Morgan fingerprint density at radius 1 is 0.932 bits per heavy atom. The van der Waals surface area contributed by atoms with E-state index in [1.165, 1.54) is 77.6 Å². The van der Waals surface area contributed by atoms with Crippen molar-refractivity contribution in [1.82, 2.24) is 0 Å². The van der Waals surface area contributed by atoms with Gasteiger partial charge in [0.2, 0.25) is 0 Å². The van der Waals surface area contributed by atoms with Crippen LogP contribution in [0, 0.1) is 29.1 Å². The van der Waals surface area contributed by atoms with Crippen molar-refractivity contribution in [1.29, 1.82) is 0 Å². The van der Waals surface area contributed by atoms with Crippen molar-refractivity contribution in [3.8, 4) is 0 Å². The van der Waals surface area contributed by atoms with Crippen LogP contribution in [0.25, 0.3) is 0 Å². The third-order valence-electron chi connectivity index (χ3n) is 11.3. The lowest BCUT2D eigenvalue weighted by molar-refractivity contribution is -0.218. The molecule has 4 aliphatic rings. The van der Waals surface area contributed by atoms with Crippen molar-refractivity contribution >= 4 is 11.8 Å². The van der Waals surface area contributed by atoms with Crippen LogP contribution in [-0.4, -0.2) is 73.4 Å². The van der Waals surface area contributed by atoms with Gasteiger partial charge in [0.1, 0.15) is 11.2 Å². The van der Waals surface area contributed by atoms with E-state index in [9.17, 15) is 30.0 Å². The lowest BCUT2D eigenvalue weighted by Gasteiger charge is -2.52. The van der Waals surface area contributed by atoms with Crippen LogP contribution in [0.15, 0.2) is 23.3 Å². The highest BCUT2D eigenvalue weighted by Gasteiger charge is 2.86. The molecule has 44 heavy (non-hydrogen) atoms. The van der Waals surface area contributed by atoms with Crippen molar-refractivity contribution in [2.24, 2.45) is 29.1 Å². The minimum atomic E-state index is -1.88. The van der Waals surface area contributed by atoms with Crippen molar-refractivity contribution in [3.63, 3.8) is 0 Å². The highest BCUT2D eigenvalue weighted by molar-refractivity contribution is 6.04. The first-order chi connectivity index (χ1) is 20.7. The summed E-state index contributed by atoms with van der Waals surface area (Å²) in [6.07, 6.45) is 18.3. The number of ether oxygens (including phenoxy) is 1. The Bertz CT molecular complexity index is 1050. The monoisotopic (exact) mass is 620 g/mol. The molecule has 2 fully saturated rings. The molecule has 0 aromatic rings. The number of unbranched alkanes of at least 4 members (excludes halogenated alkanes) is 11. The minimum Gasteiger partial charge on any atom is -0.456 e. The van der Waals surface area contributed by atoms with Crippen LogP contribution in [0.2, 0.25) is 0 Å². The zero-order valence-corrected chi connectivity index (χ0v) is 28.1. The molecule has 0 aromatic heterocycles. The molecule has 8 nitrogen and oxygen atoms in total. The third kappa shape index (κ3) is 6.62. The topological polar surface area (TPSA) is 145 Å². The molecule has 0 saturated heterocycles. The third-order valence-corrected chi connectivity index (χ3v) is 11.3. The Morgan fingerprint density at radius 2 is 1.45 bits per heavy atom. The molecule has 5 N–H and O–H groups in total. The molecule has 0 unspecified atom stereocenters. The summed E-state index contributed by atoms with van der Waals surface area (Å²) in [7, 11) is 0. The quantitative estimate of drug-likeness (QED) is 0.102. The summed E-state index contributed by atoms with van der Waals surface area (Å²) in [5, 5.41) is 53.3. The molecule has 8 heteroatoms. The van der Waals surface area contributed by atoms with Gasteiger partial charge in [0.25, 0.3) is 0 Å². The van der Waals surface area contributed by atoms with Gasteiger partial charge in [-0.15, -0.1) is 0 Å². The number of carbonyl (C=O) groups excluding carboxylic acids is 2. The van der Waals surface area contributed by atoms with E-state index in [-0.39, 0.29) is 13.0 Å². The Morgan fingerprint density at radius 3 is 1.93 bits per heavy atom. The molecular formula is C36H60O8. The first-order valence-electron chi connectivity index (χ1n) is 17.2. The SMILES string of the molecule is CC(=O)O[C@@]12[C@H](O)[C@@H](C)[C@@]3(O)[C@@H](C=C(CO)C[C@]4(O)C(=O)C(C)=C[C@@H]34)[C@@H]1C2(C)C.CCCCCCCCCCCCCCO. The van der Waals surface area contributed by atoms with Gasteiger partial charge in [-0.3, -0.25) is 9.59 Å². The highest BCUT2D eigenvalue weighted by atomic mass is 16.6. The predicted molar refractivity (Wildman–Crippen MR) is 171 cm³/mol. The van der Waals surface area contributed by atoms with Crippen LogP contribution in [0.4, 0.5) is 0 Å². The van der Waals surface area contributed by atoms with Gasteiger partial charge in [0, 0.05) is 49.0 Å². The van der Waals surface area contributed by atoms with E-state index in [4.69, 9.17) is 9.84 Å². The van der Waals surface area contributed by atoms with Gasteiger partial charge >= 0.3 is 5.97 Å². The van der Waals surface area contributed by atoms with Crippen LogP contribution in [0.5, 0.6) is 0 Å². The molecule has 2 saturated carbocycles. The first-order valence-corrected chi connectivity index (χ1v) is 17.2. The van der Waals surface area contributed by atoms with Crippen LogP contribution >= 0.6 is 0 Å². The van der Waals surface area contributed by atoms with E-state index >= 15 is 0 Å². The van der Waals surface area contributed by atoms with Crippen LogP contribution in [0.3, 0.4) is 0 Å². The van der Waals surface area contributed by atoms with E-state index in [2.05, 4.69) is 6.92 Å². The van der Waals surface area contributed by atoms with Crippen molar-refractivity contribution in [3.05, 3.63) is 23.3 Å². The van der Waals surface area contributed by atoms with Crippen LogP contribution < -0.4 is 0 Å². The number of aliphatic hydroxyl groups is 5. The zero-order chi connectivity index (χ0) is 32.9. The fraction of sp³-hybridized carbons (Fsp3) is 0.833. The number of ketones is 1. The maximum Gasteiger partial charge on any atom is 0.303 e. The zero-order valence-electron chi connectivity index (χ0n) is 28.1. The average molecular weight is 621 g/mol. The normalized spacial score (nSPS) is 36.5. The van der Waals surface area contributed by atoms with E-state index in [0.717, 1.165) is 6.42 Å². The van der Waals surface area contributed by atoms with Gasteiger partial charge in [0.15, 0.2) is 5.78 Å². The van der Waals surface area contributed by atoms with Gasteiger partial charge in [-0.25, -0.2) is 0 Å². The number of Topliss-reactive ketones (excluding diaryl/α,β-unsaturated/α-hetero) is 1. The van der Waals surface area contributed by atoms with E-state index in [1.54, 1.807) is 26.0 Å². The Hall–Kier alpha value is -1.58. The molecule has 0 spiro atoms. The fourth-order valence-corrected chi connectivity index (χ4v) is 8.86. The molecular weight excluding hydrogens is 560 g/mol. The predicted octanol–water partition coefficient (Wildman–Crippen LogP) is 5.18. The van der Waals surface area contributed by atoms with Crippen molar-refractivity contribution in [2.75, 3.05) is 13.2 Å². The van der Waals surface area contributed by atoms with Crippen molar-refractivity contribution < 1.29 is 39.9 Å². The molecule has 0 heterocycles. The van der Waals surface area contributed by atoms with Gasteiger partial charge in [-0.05, 0) is 24.5 Å². The van der Waals surface area contributed by atoms with Crippen molar-refractivity contribution in [2.45, 2.75) is 148 Å². The number of hydrogen-bond acceptors (Lipinski definition) is 8. The molecule has 4 rings (SSSR count). The maximum absolute atomic E-state index is 12.8. The molecule has 0 amide bonds. The minimum absolute atomic E-state index is 0.0871. The number of hydrogen-bond donors (Lipinski definition) is 5. The second kappa shape index (κ2) is 14.9. The molecule has 0 aliphatic heterocycles. The second-order valence-electron chi connectivity index (χ2n) is 14.6. The van der Waals surface area contributed by atoms with Gasteiger partial charge < -0.3 is 30.3 Å². The van der Waals surface area contributed by atoms with Crippen LogP contribution in [0.1, 0.15) is 125 Å². The number of fused-ring (bicyclic) bond motifs is 5. The summed E-state index contributed by atoms with van der Waals surface area (Å²) in [5.41, 5.74) is -4.52. The summed E-state index contributed by atoms with van der Waals surface area (Å²) in [6.45, 7) is 10.6. The standard InChI is InChI=1S/C22H30O7.C14H30O/c1-10-6-15-20(27,17(10)25)8-13(9-23)7-14-16-19(4,5)22(16,29-12(3)24)18(26)11(2)21(14,15)28;1-2-3-4-5-6-7-8-9-10-11-12-13-14-15/h6-7,11,14-16,18,23,26-28H,8-9H2,1-5H3;15H,2-14H2,1H3/t11-,14+,15-,16-,18-,20-,21-,22-;/m1./s1. The fourth-order valence-electron chi connectivity index (χ4n) is 8.86. The summed E-state index contributed by atoms with van der Waals surface area (Å²) in [4.78, 5) is 24.7. The smallest absolute Gasteiger partial charge is 0.303 e. The first kappa shape index (κ1) is 36.9. The Balaban J connectivity index is 0.000000301. The molecule has 0 radical (unpaired) electrons. The summed E-state index contributed by atoms with van der Waals surface area (Å²) < 4.78 is 5.70.